The summed E-state index contributed by atoms with van der Waals surface area (Å²) in [6, 6.07) is 7.52. The SMILES string of the molecule is COc1ccc2c(c1)c(C1=C(c3ccsc3)C(=O)OC1=O)c(C)n2C. The summed E-state index contributed by atoms with van der Waals surface area (Å²) < 4.78 is 12.3. The van der Waals surface area contributed by atoms with Gasteiger partial charge in [-0.2, -0.15) is 11.3 Å². The number of benzene rings is 1. The number of esters is 2. The van der Waals surface area contributed by atoms with E-state index in [-0.39, 0.29) is 0 Å². The predicted octanol–water partition coefficient (Wildman–Crippen LogP) is 3.55. The van der Waals surface area contributed by atoms with E-state index in [0.717, 1.165) is 16.6 Å². The Balaban J connectivity index is 2.11. The Bertz CT molecular complexity index is 1060. The van der Waals surface area contributed by atoms with Crippen molar-refractivity contribution in [3.05, 3.63) is 51.8 Å². The number of thiophene rings is 1. The van der Waals surface area contributed by atoms with Crippen LogP contribution in [0.25, 0.3) is 22.0 Å². The van der Waals surface area contributed by atoms with Crippen molar-refractivity contribution in [1.82, 2.24) is 4.57 Å². The van der Waals surface area contributed by atoms with Gasteiger partial charge >= 0.3 is 11.9 Å². The largest absolute Gasteiger partial charge is 0.497 e. The third-order valence-corrected chi connectivity index (χ3v) is 5.29. The summed E-state index contributed by atoms with van der Waals surface area (Å²) in [5.41, 5.74) is 3.91. The highest BCUT2D eigenvalue weighted by Gasteiger charge is 2.37. The number of rotatable bonds is 3. The lowest BCUT2D eigenvalue weighted by atomic mass is 9.95. The van der Waals surface area contributed by atoms with Gasteiger partial charge in [-0.25, -0.2) is 9.59 Å². The Kier molecular flexibility index (Phi) is 3.51. The van der Waals surface area contributed by atoms with E-state index >= 15 is 0 Å². The van der Waals surface area contributed by atoms with Crippen LogP contribution in [0.1, 0.15) is 16.8 Å². The van der Waals surface area contributed by atoms with Crippen LogP contribution >= 0.6 is 11.3 Å². The second-order valence-corrected chi connectivity index (χ2v) is 6.62. The minimum absolute atomic E-state index is 0.319. The molecule has 5 nitrogen and oxygen atoms in total. The van der Waals surface area contributed by atoms with Crippen LogP contribution in [0.2, 0.25) is 0 Å². The fourth-order valence-corrected chi connectivity index (χ4v) is 3.93. The van der Waals surface area contributed by atoms with Crippen LogP contribution in [-0.4, -0.2) is 23.6 Å². The highest BCUT2D eigenvalue weighted by Crippen LogP contribution is 2.41. The number of carbonyl (C=O) groups is 2. The smallest absolute Gasteiger partial charge is 0.347 e. The molecule has 0 bridgehead atoms. The molecule has 0 atom stereocenters. The van der Waals surface area contributed by atoms with E-state index in [4.69, 9.17) is 9.47 Å². The number of methoxy groups -OCH3 is 1. The van der Waals surface area contributed by atoms with E-state index in [0.29, 0.717) is 28.0 Å². The predicted molar refractivity (Wildman–Crippen MR) is 96.4 cm³/mol. The van der Waals surface area contributed by atoms with Gasteiger partial charge in [0.25, 0.3) is 0 Å². The summed E-state index contributed by atoms with van der Waals surface area (Å²) in [5.74, 6) is -0.517. The number of fused-ring (bicyclic) bond motifs is 1. The first-order valence-corrected chi connectivity index (χ1v) is 8.64. The Hall–Kier alpha value is -2.86. The average molecular weight is 353 g/mol. The zero-order valence-electron chi connectivity index (χ0n) is 14.0. The molecular weight excluding hydrogens is 338 g/mol. The zero-order valence-corrected chi connectivity index (χ0v) is 14.8. The van der Waals surface area contributed by atoms with Gasteiger partial charge in [-0.15, -0.1) is 0 Å². The van der Waals surface area contributed by atoms with Gasteiger partial charge in [-0.05, 0) is 41.9 Å². The Morgan fingerprint density at radius 2 is 1.88 bits per heavy atom. The first-order chi connectivity index (χ1) is 12.0. The molecule has 2 aromatic heterocycles. The fraction of sp³-hybridized carbons (Fsp3) is 0.158. The summed E-state index contributed by atoms with van der Waals surface area (Å²) in [7, 11) is 3.53. The maximum absolute atomic E-state index is 12.5. The van der Waals surface area contributed by atoms with E-state index in [1.807, 2.05) is 53.6 Å². The van der Waals surface area contributed by atoms with Crippen molar-refractivity contribution >= 4 is 45.3 Å². The lowest BCUT2D eigenvalue weighted by molar-refractivity contribution is -0.149. The van der Waals surface area contributed by atoms with E-state index in [1.54, 1.807) is 7.11 Å². The van der Waals surface area contributed by atoms with Crippen molar-refractivity contribution in [3.8, 4) is 5.75 Å². The molecule has 1 aliphatic rings. The number of carbonyl (C=O) groups excluding carboxylic acids is 2. The number of nitrogens with zero attached hydrogens (tertiary/aromatic N) is 1. The second-order valence-electron chi connectivity index (χ2n) is 5.84. The molecule has 3 aromatic rings. The Labute approximate surface area is 148 Å². The van der Waals surface area contributed by atoms with Crippen molar-refractivity contribution in [2.45, 2.75) is 6.92 Å². The Morgan fingerprint density at radius 1 is 1.12 bits per heavy atom. The lowest BCUT2D eigenvalue weighted by Crippen LogP contribution is -2.02. The first kappa shape index (κ1) is 15.7. The minimum Gasteiger partial charge on any atom is -0.497 e. The quantitative estimate of drug-likeness (QED) is 0.534. The van der Waals surface area contributed by atoms with Gasteiger partial charge in [0.15, 0.2) is 0 Å². The normalized spacial score (nSPS) is 14.5. The standard InChI is InChI=1S/C19H15NO4S/c1-10-15(13-8-12(23-3)4-5-14(13)20(10)2)17-16(11-6-7-25-9-11)18(21)24-19(17)22/h4-9H,1-3H3. The minimum atomic E-state index is -0.607. The van der Waals surface area contributed by atoms with E-state index in [2.05, 4.69) is 0 Å². The molecule has 25 heavy (non-hydrogen) atoms. The molecule has 0 spiro atoms. The maximum atomic E-state index is 12.5. The number of hydrogen-bond donors (Lipinski definition) is 0. The molecule has 0 radical (unpaired) electrons. The molecule has 4 rings (SSSR count). The van der Waals surface area contributed by atoms with Crippen LogP contribution < -0.4 is 4.74 Å². The van der Waals surface area contributed by atoms with Crippen LogP contribution in [0, 0.1) is 6.92 Å². The van der Waals surface area contributed by atoms with Crippen molar-refractivity contribution in [1.29, 1.82) is 0 Å². The van der Waals surface area contributed by atoms with E-state index < -0.39 is 11.9 Å². The van der Waals surface area contributed by atoms with E-state index in [1.165, 1.54) is 11.3 Å². The van der Waals surface area contributed by atoms with Crippen LogP contribution in [0.15, 0.2) is 35.0 Å². The lowest BCUT2D eigenvalue weighted by Gasteiger charge is -2.04. The highest BCUT2D eigenvalue weighted by atomic mass is 32.1. The zero-order chi connectivity index (χ0) is 17.7. The molecule has 1 aliphatic heterocycles. The van der Waals surface area contributed by atoms with Crippen molar-refractivity contribution in [2.24, 2.45) is 7.05 Å². The molecule has 0 unspecified atom stereocenters. The summed E-state index contributed by atoms with van der Waals surface area (Å²) in [4.78, 5) is 24.8. The molecule has 3 heterocycles. The number of ether oxygens (including phenoxy) is 2. The van der Waals surface area contributed by atoms with Gasteiger partial charge in [-0.1, -0.05) is 0 Å². The summed E-state index contributed by atoms with van der Waals surface area (Å²) in [6.45, 7) is 1.93. The summed E-state index contributed by atoms with van der Waals surface area (Å²) >= 11 is 1.47. The van der Waals surface area contributed by atoms with Gasteiger partial charge in [0.1, 0.15) is 5.75 Å². The monoisotopic (exact) mass is 353 g/mol. The molecule has 0 saturated carbocycles. The van der Waals surface area contributed by atoms with Gasteiger partial charge in [0.2, 0.25) is 0 Å². The molecule has 0 amide bonds. The third-order valence-electron chi connectivity index (χ3n) is 4.60. The Morgan fingerprint density at radius 3 is 2.56 bits per heavy atom. The highest BCUT2D eigenvalue weighted by molar-refractivity contribution is 7.08. The molecule has 126 valence electrons. The number of aromatic nitrogens is 1. The molecule has 0 aliphatic carbocycles. The molecular formula is C19H15NO4S. The molecule has 0 saturated heterocycles. The third kappa shape index (κ3) is 2.21. The second kappa shape index (κ2) is 5.60. The van der Waals surface area contributed by atoms with Gasteiger partial charge in [0.05, 0.1) is 18.3 Å². The van der Waals surface area contributed by atoms with Gasteiger partial charge < -0.3 is 14.0 Å². The molecule has 0 fully saturated rings. The van der Waals surface area contributed by atoms with Crippen molar-refractivity contribution < 1.29 is 19.1 Å². The average Bonchev–Trinajstić information content (AvgIpc) is 3.27. The number of hydrogen-bond acceptors (Lipinski definition) is 5. The van der Waals surface area contributed by atoms with Crippen LogP contribution in [-0.2, 0) is 21.4 Å². The van der Waals surface area contributed by atoms with Crippen LogP contribution in [0.5, 0.6) is 5.75 Å². The first-order valence-electron chi connectivity index (χ1n) is 7.69. The van der Waals surface area contributed by atoms with Gasteiger partial charge in [-0.3, -0.25) is 0 Å². The van der Waals surface area contributed by atoms with Crippen molar-refractivity contribution in [2.75, 3.05) is 7.11 Å². The van der Waals surface area contributed by atoms with Crippen molar-refractivity contribution in [3.63, 3.8) is 0 Å². The van der Waals surface area contributed by atoms with Crippen LogP contribution in [0.3, 0.4) is 0 Å². The molecule has 1 aromatic carbocycles. The summed E-state index contributed by atoms with van der Waals surface area (Å²) in [6.07, 6.45) is 0. The molecule has 0 N–H and O–H groups in total. The topological polar surface area (TPSA) is 57.5 Å². The number of aryl methyl sites for hydroxylation is 1. The number of cyclic esters (lactones) is 2. The maximum Gasteiger partial charge on any atom is 0.347 e. The molecule has 6 heteroatoms. The van der Waals surface area contributed by atoms with Gasteiger partial charge in [0, 0.05) is 34.8 Å². The summed E-state index contributed by atoms with van der Waals surface area (Å²) in [5, 5.41) is 4.57. The fourth-order valence-electron chi connectivity index (χ4n) is 3.28. The van der Waals surface area contributed by atoms with Crippen LogP contribution in [0.4, 0.5) is 0 Å². The van der Waals surface area contributed by atoms with E-state index in [9.17, 15) is 9.59 Å².